The molecule has 0 radical (unpaired) electrons. The molecular weight excluding hydrogens is 537 g/mol. The maximum atomic E-state index is 13.6. The molecule has 12 nitrogen and oxygen atoms in total. The van der Waals surface area contributed by atoms with E-state index in [1.54, 1.807) is 46.8 Å². The minimum atomic E-state index is -1.30. The van der Waals surface area contributed by atoms with Gasteiger partial charge in [0.1, 0.15) is 11.6 Å². The summed E-state index contributed by atoms with van der Waals surface area (Å²) in [5.74, 6) is -3.08. The van der Waals surface area contributed by atoms with Crippen molar-refractivity contribution in [1.82, 2.24) is 25.1 Å². The molecule has 0 aliphatic heterocycles. The third-order valence-corrected chi connectivity index (χ3v) is 6.07. The molecule has 0 aliphatic carbocycles. The summed E-state index contributed by atoms with van der Waals surface area (Å²) in [6.07, 6.45) is -0.806. The summed E-state index contributed by atoms with van der Waals surface area (Å²) in [5.41, 5.74) is -1.62. The molecule has 3 rings (SSSR count). The van der Waals surface area contributed by atoms with Gasteiger partial charge in [-0.05, 0) is 38.0 Å². The van der Waals surface area contributed by atoms with E-state index in [1.807, 2.05) is 0 Å². The Morgan fingerprint density at radius 1 is 1.15 bits per heavy atom. The second kappa shape index (κ2) is 12.8. The number of Topliss-reactive ketones (excluding diaryl/α,β-unsaturated/α-hetero) is 1. The number of aromatic nitrogens is 4. The fraction of sp³-hybridized carbons (Fsp3) is 0.464. The lowest BCUT2D eigenvalue weighted by atomic mass is 10.0. The molecule has 2 aromatic heterocycles. The number of hydrogen-bond acceptors (Lipinski definition) is 10. The van der Waals surface area contributed by atoms with Gasteiger partial charge in [-0.25, -0.2) is 9.37 Å². The molecule has 1 aromatic carbocycles. The van der Waals surface area contributed by atoms with Crippen LogP contribution in [0.2, 0.25) is 0 Å². The third kappa shape index (κ3) is 7.62. The number of amides is 1. The molecule has 3 aromatic rings. The molecule has 0 bridgehead atoms. The standard InChI is InChI=1S/C28H34FN5O7/c1-8-20(41-26(38)15(2)3)40-22-21(19(35)14-11-17-9-12-18(29)13-10-17)30-27(34(7)25(22)37)28(5,6)31-23(36)24-33-32-16(4)39-24/h9-10,12-13,15,20H,8,11,14H2,1-7H3,(H,31,36). The largest absolute Gasteiger partial charge is 0.447 e. The summed E-state index contributed by atoms with van der Waals surface area (Å²) >= 11 is 0. The predicted molar refractivity (Wildman–Crippen MR) is 144 cm³/mol. The Morgan fingerprint density at radius 3 is 2.37 bits per heavy atom. The number of nitrogens with zero attached hydrogens (tertiary/aromatic N) is 4. The minimum Gasteiger partial charge on any atom is -0.447 e. The van der Waals surface area contributed by atoms with Crippen LogP contribution in [0.3, 0.4) is 0 Å². The number of aryl methyl sites for hydroxylation is 2. The number of halogens is 1. The zero-order valence-corrected chi connectivity index (χ0v) is 24.1. The van der Waals surface area contributed by atoms with Crippen molar-refractivity contribution >= 4 is 17.7 Å². The van der Waals surface area contributed by atoms with E-state index in [2.05, 4.69) is 20.5 Å². The summed E-state index contributed by atoms with van der Waals surface area (Å²) < 4.78 is 30.8. The second-order valence-electron chi connectivity index (χ2n) is 10.3. The van der Waals surface area contributed by atoms with Crippen molar-refractivity contribution in [3.63, 3.8) is 0 Å². The van der Waals surface area contributed by atoms with Gasteiger partial charge in [0, 0.05) is 26.8 Å². The maximum absolute atomic E-state index is 13.6. The molecule has 1 unspecified atom stereocenters. The zero-order chi connectivity index (χ0) is 30.5. The average Bonchev–Trinajstić information content (AvgIpc) is 3.36. The minimum absolute atomic E-state index is 0.0387. The Bertz CT molecular complexity index is 1480. The Morgan fingerprint density at radius 2 is 1.80 bits per heavy atom. The van der Waals surface area contributed by atoms with Crippen LogP contribution < -0.4 is 15.6 Å². The number of carbonyl (C=O) groups excluding carboxylic acids is 3. The predicted octanol–water partition coefficient (Wildman–Crippen LogP) is 3.41. The van der Waals surface area contributed by atoms with Crippen molar-refractivity contribution in [2.75, 3.05) is 0 Å². The molecule has 1 amide bonds. The molecular formula is C28H34FN5O7. The van der Waals surface area contributed by atoms with Crippen LogP contribution in [0.1, 0.15) is 85.9 Å². The van der Waals surface area contributed by atoms with Crippen LogP contribution in [0.4, 0.5) is 4.39 Å². The van der Waals surface area contributed by atoms with Crippen molar-refractivity contribution in [3.8, 4) is 5.75 Å². The van der Waals surface area contributed by atoms with Gasteiger partial charge in [-0.2, -0.15) is 0 Å². The van der Waals surface area contributed by atoms with Crippen molar-refractivity contribution in [3.05, 3.63) is 69.3 Å². The molecule has 1 N–H and O–H groups in total. The molecule has 2 heterocycles. The highest BCUT2D eigenvalue weighted by atomic mass is 19.1. The lowest BCUT2D eigenvalue weighted by Crippen LogP contribution is -2.46. The third-order valence-electron chi connectivity index (χ3n) is 6.07. The lowest BCUT2D eigenvalue weighted by Gasteiger charge is -2.28. The fourth-order valence-corrected chi connectivity index (χ4v) is 3.83. The Labute approximate surface area is 236 Å². The number of rotatable bonds is 12. The van der Waals surface area contributed by atoms with Crippen LogP contribution in [-0.4, -0.2) is 43.7 Å². The number of carbonyl (C=O) groups is 3. The van der Waals surface area contributed by atoms with E-state index < -0.39 is 52.5 Å². The van der Waals surface area contributed by atoms with Gasteiger partial charge in [0.2, 0.25) is 17.9 Å². The van der Waals surface area contributed by atoms with Gasteiger partial charge in [0.15, 0.2) is 11.5 Å². The van der Waals surface area contributed by atoms with Crippen LogP contribution in [0, 0.1) is 18.7 Å². The molecule has 0 saturated heterocycles. The molecule has 41 heavy (non-hydrogen) atoms. The van der Waals surface area contributed by atoms with Gasteiger partial charge in [0.25, 0.3) is 5.56 Å². The number of nitrogens with one attached hydrogen (secondary N) is 1. The van der Waals surface area contributed by atoms with Gasteiger partial charge >= 0.3 is 17.8 Å². The van der Waals surface area contributed by atoms with Gasteiger partial charge < -0.3 is 19.2 Å². The van der Waals surface area contributed by atoms with Crippen LogP contribution in [0.5, 0.6) is 5.75 Å². The summed E-state index contributed by atoms with van der Waals surface area (Å²) in [4.78, 5) is 56.6. The maximum Gasteiger partial charge on any atom is 0.311 e. The zero-order valence-electron chi connectivity index (χ0n) is 24.1. The number of benzene rings is 1. The molecule has 1 atom stereocenters. The summed E-state index contributed by atoms with van der Waals surface area (Å²) in [6.45, 7) is 9.70. The molecule has 220 valence electrons. The highest BCUT2D eigenvalue weighted by Crippen LogP contribution is 2.24. The monoisotopic (exact) mass is 571 g/mol. The smallest absolute Gasteiger partial charge is 0.311 e. The van der Waals surface area contributed by atoms with E-state index in [9.17, 15) is 23.6 Å². The van der Waals surface area contributed by atoms with Crippen LogP contribution in [0.15, 0.2) is 33.5 Å². The van der Waals surface area contributed by atoms with E-state index in [0.29, 0.717) is 5.56 Å². The summed E-state index contributed by atoms with van der Waals surface area (Å²) in [5, 5.41) is 10.0. The van der Waals surface area contributed by atoms with Gasteiger partial charge in [-0.15, -0.1) is 10.2 Å². The summed E-state index contributed by atoms with van der Waals surface area (Å²) in [6, 6.07) is 5.68. The molecule has 0 aliphatic rings. The van der Waals surface area contributed by atoms with Gasteiger partial charge in [-0.3, -0.25) is 23.7 Å². The van der Waals surface area contributed by atoms with E-state index in [-0.39, 0.29) is 42.6 Å². The van der Waals surface area contributed by atoms with Crippen LogP contribution in [0.25, 0.3) is 0 Å². The van der Waals surface area contributed by atoms with Crippen LogP contribution >= 0.6 is 0 Å². The average molecular weight is 572 g/mol. The molecule has 0 spiro atoms. The first kappa shape index (κ1) is 31.1. The van der Waals surface area contributed by atoms with Gasteiger partial charge in [-0.1, -0.05) is 32.9 Å². The molecule has 0 saturated carbocycles. The van der Waals surface area contributed by atoms with E-state index in [4.69, 9.17) is 13.9 Å². The van der Waals surface area contributed by atoms with E-state index in [1.165, 1.54) is 26.1 Å². The lowest BCUT2D eigenvalue weighted by molar-refractivity contribution is -0.168. The Hall–Kier alpha value is -4.42. The topological polar surface area (TPSA) is 156 Å². The fourth-order valence-electron chi connectivity index (χ4n) is 3.83. The molecule has 13 heteroatoms. The van der Waals surface area contributed by atoms with Gasteiger partial charge in [0.05, 0.1) is 11.5 Å². The number of ether oxygens (including phenoxy) is 2. The quantitative estimate of drug-likeness (QED) is 0.194. The van der Waals surface area contributed by atoms with Crippen molar-refractivity contribution in [2.24, 2.45) is 13.0 Å². The number of esters is 1. The highest BCUT2D eigenvalue weighted by Gasteiger charge is 2.34. The first-order valence-electron chi connectivity index (χ1n) is 13.1. The molecule has 0 fully saturated rings. The first-order valence-corrected chi connectivity index (χ1v) is 13.1. The second-order valence-corrected chi connectivity index (χ2v) is 10.3. The first-order chi connectivity index (χ1) is 19.2. The summed E-state index contributed by atoms with van der Waals surface area (Å²) in [7, 11) is 1.41. The highest BCUT2D eigenvalue weighted by molar-refractivity contribution is 5.97. The Kier molecular flexibility index (Phi) is 9.74. The van der Waals surface area contributed by atoms with Crippen molar-refractivity contribution in [2.45, 2.75) is 72.6 Å². The van der Waals surface area contributed by atoms with E-state index >= 15 is 0 Å². The van der Waals surface area contributed by atoms with E-state index in [0.717, 1.165) is 4.57 Å². The number of ketones is 1. The van der Waals surface area contributed by atoms with Crippen molar-refractivity contribution in [1.29, 1.82) is 0 Å². The van der Waals surface area contributed by atoms with Crippen molar-refractivity contribution < 1.29 is 32.7 Å². The number of hydrogen-bond donors (Lipinski definition) is 1. The normalized spacial score (nSPS) is 12.2. The Balaban J connectivity index is 2.03. The SMILES string of the molecule is CCC(OC(=O)C(C)C)Oc1c(C(=O)CCc2ccc(F)cc2)nc(C(C)(C)NC(=O)c2nnc(C)o2)n(C)c1=O. The van der Waals surface area contributed by atoms with Crippen LogP contribution in [-0.2, 0) is 28.5 Å².